The summed E-state index contributed by atoms with van der Waals surface area (Å²) in [5, 5.41) is 2.96. The Morgan fingerprint density at radius 2 is 1.83 bits per heavy atom. The number of anilines is 2. The monoisotopic (exact) mass is 379 g/mol. The van der Waals surface area contributed by atoms with Crippen molar-refractivity contribution in [1.82, 2.24) is 4.90 Å². The van der Waals surface area contributed by atoms with Gasteiger partial charge in [-0.2, -0.15) is 0 Å². The van der Waals surface area contributed by atoms with E-state index in [2.05, 4.69) is 37.1 Å². The smallest absolute Gasteiger partial charge is 0.221 e. The van der Waals surface area contributed by atoms with Crippen LogP contribution in [-0.4, -0.2) is 43.0 Å². The molecule has 0 atom stereocenters. The van der Waals surface area contributed by atoms with E-state index in [-0.39, 0.29) is 5.91 Å². The fourth-order valence-electron chi connectivity index (χ4n) is 3.84. The molecular formula is C18H26BrN3O. The van der Waals surface area contributed by atoms with E-state index in [0.717, 1.165) is 48.1 Å². The van der Waals surface area contributed by atoms with Crippen LogP contribution in [0.4, 0.5) is 11.4 Å². The SMILES string of the molecule is CC(=O)Nc1ccc(Br)cc1N1CCN(C2CCCCC2)CC1. The molecule has 0 spiro atoms. The van der Waals surface area contributed by atoms with Gasteiger partial charge in [0.05, 0.1) is 11.4 Å². The summed E-state index contributed by atoms with van der Waals surface area (Å²) in [4.78, 5) is 16.5. The van der Waals surface area contributed by atoms with Gasteiger partial charge in [0.2, 0.25) is 5.91 Å². The van der Waals surface area contributed by atoms with E-state index < -0.39 is 0 Å². The molecule has 0 radical (unpaired) electrons. The first-order chi connectivity index (χ1) is 11.1. The number of amides is 1. The number of halogens is 1. The second-order valence-electron chi connectivity index (χ2n) is 6.66. The Hall–Kier alpha value is -1.07. The van der Waals surface area contributed by atoms with E-state index >= 15 is 0 Å². The maximum Gasteiger partial charge on any atom is 0.221 e. The minimum absolute atomic E-state index is 0.0191. The van der Waals surface area contributed by atoms with Gasteiger partial charge in [-0.25, -0.2) is 0 Å². The standard InChI is InChI=1S/C18H26BrN3O/c1-14(23)20-17-8-7-15(19)13-18(17)22-11-9-21(10-12-22)16-5-3-2-4-6-16/h7-8,13,16H,2-6,9-12H2,1H3,(H,20,23). The van der Waals surface area contributed by atoms with Crippen LogP contribution in [0.15, 0.2) is 22.7 Å². The summed E-state index contributed by atoms with van der Waals surface area (Å²) in [5.41, 5.74) is 2.03. The van der Waals surface area contributed by atoms with Crippen LogP contribution in [0.5, 0.6) is 0 Å². The number of nitrogens with one attached hydrogen (secondary N) is 1. The zero-order valence-corrected chi connectivity index (χ0v) is 15.4. The molecule has 1 N–H and O–H groups in total. The van der Waals surface area contributed by atoms with Crippen LogP contribution in [0.1, 0.15) is 39.0 Å². The van der Waals surface area contributed by atoms with E-state index in [0.29, 0.717) is 0 Å². The Bertz CT molecular complexity index is 549. The zero-order valence-electron chi connectivity index (χ0n) is 13.9. The van der Waals surface area contributed by atoms with Crippen LogP contribution >= 0.6 is 15.9 Å². The first kappa shape index (κ1) is 16.8. The molecule has 5 heteroatoms. The highest BCUT2D eigenvalue weighted by molar-refractivity contribution is 9.10. The predicted molar refractivity (Wildman–Crippen MR) is 99.1 cm³/mol. The van der Waals surface area contributed by atoms with Crippen LogP contribution in [0.25, 0.3) is 0 Å². The second kappa shape index (κ2) is 7.67. The molecule has 2 aliphatic rings. The van der Waals surface area contributed by atoms with Crippen LogP contribution in [0.3, 0.4) is 0 Å². The molecule has 1 aromatic carbocycles. The summed E-state index contributed by atoms with van der Waals surface area (Å²) in [5.74, 6) is -0.0191. The van der Waals surface area contributed by atoms with E-state index in [9.17, 15) is 4.79 Å². The summed E-state index contributed by atoms with van der Waals surface area (Å²) < 4.78 is 1.05. The quantitative estimate of drug-likeness (QED) is 0.865. The lowest BCUT2D eigenvalue weighted by atomic mass is 9.94. The van der Waals surface area contributed by atoms with Gasteiger partial charge >= 0.3 is 0 Å². The van der Waals surface area contributed by atoms with Gasteiger partial charge < -0.3 is 10.2 Å². The van der Waals surface area contributed by atoms with Crippen molar-refractivity contribution in [2.45, 2.75) is 45.1 Å². The Morgan fingerprint density at radius 1 is 1.13 bits per heavy atom. The van der Waals surface area contributed by atoms with Gasteiger partial charge in [-0.1, -0.05) is 35.2 Å². The molecule has 0 aromatic heterocycles. The lowest BCUT2D eigenvalue weighted by Gasteiger charge is -2.42. The first-order valence-electron chi connectivity index (χ1n) is 8.69. The number of hydrogen-bond donors (Lipinski definition) is 1. The summed E-state index contributed by atoms with van der Waals surface area (Å²) in [7, 11) is 0. The normalized spacial score (nSPS) is 20.5. The molecule has 23 heavy (non-hydrogen) atoms. The summed E-state index contributed by atoms with van der Waals surface area (Å²) >= 11 is 3.55. The maximum atomic E-state index is 11.4. The molecular weight excluding hydrogens is 354 g/mol. The largest absolute Gasteiger partial charge is 0.367 e. The number of nitrogens with zero attached hydrogens (tertiary/aromatic N) is 2. The number of carbonyl (C=O) groups excluding carboxylic acids is 1. The minimum atomic E-state index is -0.0191. The van der Waals surface area contributed by atoms with Crippen molar-refractivity contribution in [3.63, 3.8) is 0 Å². The van der Waals surface area contributed by atoms with E-state index in [1.54, 1.807) is 6.92 Å². The van der Waals surface area contributed by atoms with Crippen molar-refractivity contribution in [3.05, 3.63) is 22.7 Å². The van der Waals surface area contributed by atoms with Gasteiger partial charge in [0, 0.05) is 43.6 Å². The van der Waals surface area contributed by atoms with Crippen LogP contribution in [0.2, 0.25) is 0 Å². The highest BCUT2D eigenvalue weighted by Gasteiger charge is 2.26. The van der Waals surface area contributed by atoms with Gasteiger partial charge in [0.15, 0.2) is 0 Å². The van der Waals surface area contributed by atoms with Crippen LogP contribution < -0.4 is 10.2 Å². The summed E-state index contributed by atoms with van der Waals surface area (Å²) in [6.07, 6.45) is 6.93. The average Bonchev–Trinajstić information content (AvgIpc) is 2.57. The lowest BCUT2D eigenvalue weighted by Crippen LogP contribution is -2.51. The minimum Gasteiger partial charge on any atom is -0.367 e. The molecule has 1 saturated heterocycles. The molecule has 1 aromatic rings. The van der Waals surface area contributed by atoms with Gasteiger partial charge in [-0.3, -0.25) is 9.69 Å². The fraction of sp³-hybridized carbons (Fsp3) is 0.611. The Kier molecular flexibility index (Phi) is 5.59. The van der Waals surface area contributed by atoms with Crippen molar-refractivity contribution in [2.75, 3.05) is 36.4 Å². The molecule has 1 aliphatic heterocycles. The molecule has 126 valence electrons. The Labute approximate surface area is 147 Å². The average molecular weight is 380 g/mol. The Morgan fingerprint density at radius 3 is 2.48 bits per heavy atom. The molecule has 1 saturated carbocycles. The number of carbonyl (C=O) groups is 1. The highest BCUT2D eigenvalue weighted by Crippen LogP contribution is 2.31. The molecule has 1 amide bonds. The van der Waals surface area contributed by atoms with Crippen molar-refractivity contribution >= 4 is 33.2 Å². The van der Waals surface area contributed by atoms with Crippen molar-refractivity contribution in [3.8, 4) is 0 Å². The number of piperazine rings is 1. The molecule has 1 aliphatic carbocycles. The van der Waals surface area contributed by atoms with Gasteiger partial charge in [-0.05, 0) is 31.0 Å². The Balaban J connectivity index is 1.67. The molecule has 2 fully saturated rings. The van der Waals surface area contributed by atoms with Gasteiger partial charge in [-0.15, -0.1) is 0 Å². The predicted octanol–water partition coefficient (Wildman–Crippen LogP) is 3.86. The third-order valence-corrected chi connectivity index (χ3v) is 5.51. The lowest BCUT2D eigenvalue weighted by molar-refractivity contribution is -0.114. The zero-order chi connectivity index (χ0) is 16.2. The second-order valence-corrected chi connectivity index (χ2v) is 7.57. The molecule has 0 unspecified atom stereocenters. The topological polar surface area (TPSA) is 35.6 Å². The maximum absolute atomic E-state index is 11.4. The fourth-order valence-corrected chi connectivity index (χ4v) is 4.18. The summed E-state index contributed by atoms with van der Waals surface area (Å²) in [6, 6.07) is 6.87. The number of rotatable bonds is 3. The molecule has 3 rings (SSSR count). The summed E-state index contributed by atoms with van der Waals surface area (Å²) in [6.45, 7) is 5.86. The first-order valence-corrected chi connectivity index (χ1v) is 9.49. The number of benzene rings is 1. The molecule has 0 bridgehead atoms. The van der Waals surface area contributed by atoms with Gasteiger partial charge in [0.1, 0.15) is 0 Å². The highest BCUT2D eigenvalue weighted by atomic mass is 79.9. The van der Waals surface area contributed by atoms with Crippen LogP contribution in [0, 0.1) is 0 Å². The van der Waals surface area contributed by atoms with E-state index in [1.165, 1.54) is 32.1 Å². The van der Waals surface area contributed by atoms with E-state index in [1.807, 2.05) is 12.1 Å². The van der Waals surface area contributed by atoms with E-state index in [4.69, 9.17) is 0 Å². The molecule has 1 heterocycles. The third-order valence-electron chi connectivity index (χ3n) is 5.02. The molecule has 4 nitrogen and oxygen atoms in total. The van der Waals surface area contributed by atoms with Crippen molar-refractivity contribution in [1.29, 1.82) is 0 Å². The number of hydrogen-bond acceptors (Lipinski definition) is 3. The third kappa shape index (κ3) is 4.27. The van der Waals surface area contributed by atoms with Gasteiger partial charge in [0.25, 0.3) is 0 Å². The van der Waals surface area contributed by atoms with Crippen molar-refractivity contribution < 1.29 is 4.79 Å². The van der Waals surface area contributed by atoms with Crippen LogP contribution in [-0.2, 0) is 4.79 Å². The van der Waals surface area contributed by atoms with Crippen molar-refractivity contribution in [2.24, 2.45) is 0 Å².